The second-order valence-electron chi connectivity index (χ2n) is 4.34. The van der Waals surface area contributed by atoms with Crippen molar-refractivity contribution in [1.82, 2.24) is 0 Å². The Balaban J connectivity index is 1.97. The Morgan fingerprint density at radius 3 is 2.25 bits per heavy atom. The highest BCUT2D eigenvalue weighted by atomic mass is 32.2. The van der Waals surface area contributed by atoms with Gasteiger partial charge in [-0.15, -0.1) is 0 Å². The smallest absolute Gasteiger partial charge is 0.267 e. The van der Waals surface area contributed by atoms with Crippen LogP contribution in [-0.2, 0) is 28.6 Å². The van der Waals surface area contributed by atoms with Crippen molar-refractivity contribution in [3.05, 3.63) is 0 Å². The molecule has 0 aromatic heterocycles. The average Bonchev–Trinajstić information content (AvgIpc) is 2.53. The molecule has 2 saturated heterocycles. The van der Waals surface area contributed by atoms with E-state index in [4.69, 9.17) is 8.37 Å². The highest BCUT2D eigenvalue weighted by Gasteiger charge is 2.39. The van der Waals surface area contributed by atoms with Crippen LogP contribution in [0.3, 0.4) is 0 Å². The van der Waals surface area contributed by atoms with Crippen molar-refractivity contribution in [3.8, 4) is 0 Å². The van der Waals surface area contributed by atoms with Crippen molar-refractivity contribution in [1.29, 1.82) is 0 Å². The van der Waals surface area contributed by atoms with Crippen LogP contribution in [0.4, 0.5) is 0 Å². The van der Waals surface area contributed by atoms with Gasteiger partial charge in [-0.2, -0.15) is 16.8 Å². The van der Waals surface area contributed by atoms with Crippen LogP contribution in [0.5, 0.6) is 0 Å². The second-order valence-corrected chi connectivity index (χ2v) is 7.70. The van der Waals surface area contributed by atoms with Crippen molar-refractivity contribution >= 4 is 20.2 Å². The summed E-state index contributed by atoms with van der Waals surface area (Å²) in [7, 11) is -6.81. The minimum atomic E-state index is -3.42. The SMILES string of the molecule is CC1CS(=O)(=O)OC1CC1CCS(=O)(=O)O1. The highest BCUT2D eigenvalue weighted by molar-refractivity contribution is 7.87. The van der Waals surface area contributed by atoms with E-state index in [1.165, 1.54) is 0 Å². The first kappa shape index (κ1) is 12.3. The molecule has 0 saturated carbocycles. The van der Waals surface area contributed by atoms with Gasteiger partial charge in [-0.05, 0) is 6.42 Å². The fourth-order valence-corrected chi connectivity index (χ4v) is 4.84. The lowest BCUT2D eigenvalue weighted by Crippen LogP contribution is -2.22. The van der Waals surface area contributed by atoms with Gasteiger partial charge in [-0.3, -0.25) is 8.37 Å². The lowest BCUT2D eigenvalue weighted by molar-refractivity contribution is 0.119. The van der Waals surface area contributed by atoms with Gasteiger partial charge in [0, 0.05) is 12.3 Å². The summed E-state index contributed by atoms with van der Waals surface area (Å²) in [4.78, 5) is 0. The van der Waals surface area contributed by atoms with Gasteiger partial charge in [-0.25, -0.2) is 0 Å². The molecule has 0 amide bonds. The third kappa shape index (κ3) is 2.73. The fourth-order valence-electron chi connectivity index (χ4n) is 2.02. The van der Waals surface area contributed by atoms with E-state index in [2.05, 4.69) is 0 Å². The van der Waals surface area contributed by atoms with E-state index in [1.54, 1.807) is 6.92 Å². The van der Waals surface area contributed by atoms with Crippen LogP contribution in [0.2, 0.25) is 0 Å². The van der Waals surface area contributed by atoms with Crippen molar-refractivity contribution in [3.63, 3.8) is 0 Å². The maximum Gasteiger partial charge on any atom is 0.267 e. The van der Waals surface area contributed by atoms with Crippen LogP contribution < -0.4 is 0 Å². The lowest BCUT2D eigenvalue weighted by Gasteiger charge is -2.15. The molecule has 2 aliphatic heterocycles. The molecule has 0 spiro atoms. The molecule has 16 heavy (non-hydrogen) atoms. The average molecular weight is 270 g/mol. The zero-order chi connectivity index (χ0) is 12.0. The first-order valence-electron chi connectivity index (χ1n) is 5.09. The standard InChI is InChI=1S/C8H14O6S2/c1-6-5-16(11,12)14-8(6)4-7-2-3-15(9,10)13-7/h6-8H,2-5H2,1H3. The Hall–Kier alpha value is -0.180. The predicted octanol–water partition coefficient (Wildman–Crippen LogP) is -0.140. The molecule has 0 bridgehead atoms. The quantitative estimate of drug-likeness (QED) is 0.649. The first-order valence-corrected chi connectivity index (χ1v) is 8.25. The molecular formula is C8H14O6S2. The summed E-state index contributed by atoms with van der Waals surface area (Å²) in [5.41, 5.74) is 0. The third-order valence-electron chi connectivity index (χ3n) is 2.84. The molecule has 0 aliphatic carbocycles. The molecule has 3 atom stereocenters. The Kier molecular flexibility index (Phi) is 3.02. The van der Waals surface area contributed by atoms with E-state index in [1.807, 2.05) is 0 Å². The van der Waals surface area contributed by atoms with Crippen LogP contribution in [0, 0.1) is 5.92 Å². The minimum Gasteiger partial charge on any atom is -0.267 e. The largest absolute Gasteiger partial charge is 0.267 e. The van der Waals surface area contributed by atoms with E-state index < -0.39 is 32.4 Å². The van der Waals surface area contributed by atoms with Crippen LogP contribution >= 0.6 is 0 Å². The minimum absolute atomic E-state index is 0.00284. The molecule has 2 fully saturated rings. The molecule has 0 radical (unpaired) electrons. The molecule has 0 N–H and O–H groups in total. The summed E-state index contributed by atoms with van der Waals surface area (Å²) in [5, 5.41) is 0. The van der Waals surface area contributed by atoms with Gasteiger partial charge in [0.15, 0.2) is 0 Å². The molecule has 8 heteroatoms. The number of rotatable bonds is 2. The van der Waals surface area contributed by atoms with Gasteiger partial charge in [-0.1, -0.05) is 6.92 Å². The lowest BCUT2D eigenvalue weighted by atomic mass is 10.0. The molecule has 2 heterocycles. The molecule has 0 aromatic rings. The topological polar surface area (TPSA) is 86.7 Å². The molecule has 2 rings (SSSR count). The normalized spacial score (nSPS) is 41.2. The van der Waals surface area contributed by atoms with Gasteiger partial charge in [0.1, 0.15) is 0 Å². The second kappa shape index (κ2) is 3.94. The zero-order valence-electron chi connectivity index (χ0n) is 8.83. The van der Waals surface area contributed by atoms with E-state index >= 15 is 0 Å². The monoisotopic (exact) mass is 270 g/mol. The van der Waals surface area contributed by atoms with E-state index in [0.717, 1.165) is 0 Å². The maximum atomic E-state index is 11.2. The van der Waals surface area contributed by atoms with Gasteiger partial charge in [0.25, 0.3) is 20.2 Å². The predicted molar refractivity (Wildman–Crippen MR) is 55.7 cm³/mol. The Bertz CT molecular complexity index is 465. The van der Waals surface area contributed by atoms with Crippen molar-refractivity contribution in [2.75, 3.05) is 11.5 Å². The van der Waals surface area contributed by atoms with Gasteiger partial charge < -0.3 is 0 Å². The Labute approximate surface area is 95.2 Å². The molecular weight excluding hydrogens is 256 g/mol. The highest BCUT2D eigenvalue weighted by Crippen LogP contribution is 2.29. The van der Waals surface area contributed by atoms with Crippen LogP contribution in [0.15, 0.2) is 0 Å². The van der Waals surface area contributed by atoms with Crippen molar-refractivity contribution in [2.45, 2.75) is 32.0 Å². The van der Waals surface area contributed by atoms with Crippen LogP contribution in [0.25, 0.3) is 0 Å². The van der Waals surface area contributed by atoms with Crippen LogP contribution in [-0.4, -0.2) is 40.5 Å². The maximum absolute atomic E-state index is 11.2. The summed E-state index contributed by atoms with van der Waals surface area (Å²) in [6, 6.07) is 0. The molecule has 3 unspecified atom stereocenters. The summed E-state index contributed by atoms with van der Waals surface area (Å²) in [6.07, 6.45) is -0.164. The first-order chi connectivity index (χ1) is 7.27. The molecule has 2 aliphatic rings. The third-order valence-corrected chi connectivity index (χ3v) is 5.62. The number of hydrogen-bond acceptors (Lipinski definition) is 6. The van der Waals surface area contributed by atoms with Gasteiger partial charge in [0.2, 0.25) is 0 Å². The Morgan fingerprint density at radius 2 is 1.81 bits per heavy atom. The zero-order valence-corrected chi connectivity index (χ0v) is 10.5. The summed E-state index contributed by atoms with van der Waals surface area (Å²) in [5.74, 6) is -0.111. The summed E-state index contributed by atoms with van der Waals surface area (Å²) in [6.45, 7) is 1.78. The van der Waals surface area contributed by atoms with E-state index in [0.29, 0.717) is 12.8 Å². The van der Waals surface area contributed by atoms with E-state index in [9.17, 15) is 16.8 Å². The summed E-state index contributed by atoms with van der Waals surface area (Å²) >= 11 is 0. The van der Waals surface area contributed by atoms with Gasteiger partial charge >= 0.3 is 0 Å². The van der Waals surface area contributed by atoms with Crippen molar-refractivity contribution in [2.24, 2.45) is 5.92 Å². The van der Waals surface area contributed by atoms with Crippen LogP contribution in [0.1, 0.15) is 19.8 Å². The fraction of sp³-hybridized carbons (Fsp3) is 1.00. The molecule has 94 valence electrons. The van der Waals surface area contributed by atoms with Crippen molar-refractivity contribution < 1.29 is 25.2 Å². The van der Waals surface area contributed by atoms with Gasteiger partial charge in [0.05, 0.1) is 23.7 Å². The molecule has 0 aromatic carbocycles. The summed E-state index contributed by atoms with van der Waals surface area (Å²) < 4.78 is 54.1. The molecule has 6 nitrogen and oxygen atoms in total. The Morgan fingerprint density at radius 1 is 1.12 bits per heavy atom. The number of hydrogen-bond donors (Lipinski definition) is 0. The van der Waals surface area contributed by atoms with E-state index in [-0.39, 0.29) is 17.4 Å².